The molecule has 2 rings (SSSR count). The number of para-hydroxylation sites is 1. The van der Waals surface area contributed by atoms with Gasteiger partial charge in [0.25, 0.3) is 0 Å². The molecular weight excluding hydrogens is 250 g/mol. The molecule has 0 saturated carbocycles. The van der Waals surface area contributed by atoms with Crippen LogP contribution in [0.25, 0.3) is 10.9 Å². The normalized spacial score (nSPS) is 12.1. The summed E-state index contributed by atoms with van der Waals surface area (Å²) in [6, 6.07) is 12.1. The van der Waals surface area contributed by atoms with E-state index in [2.05, 4.69) is 23.3 Å². The van der Waals surface area contributed by atoms with Gasteiger partial charge in [-0.05, 0) is 18.6 Å². The monoisotopic (exact) mass is 269 g/mol. The molecule has 4 nitrogen and oxygen atoms in total. The molecule has 0 radical (unpaired) electrons. The first-order chi connectivity index (χ1) is 9.78. The Hall–Kier alpha value is -2.12. The van der Waals surface area contributed by atoms with E-state index in [1.165, 1.54) is 0 Å². The van der Waals surface area contributed by atoms with Crippen LogP contribution < -0.4 is 5.32 Å². The summed E-state index contributed by atoms with van der Waals surface area (Å²) in [7, 11) is 1.68. The molecule has 0 spiro atoms. The number of nitrogens with one attached hydrogen (secondary N) is 1. The maximum Gasteiger partial charge on any atom is 0.144 e. The fourth-order valence-corrected chi connectivity index (χ4v) is 2.25. The molecule has 0 aliphatic rings. The van der Waals surface area contributed by atoms with Crippen molar-refractivity contribution >= 4 is 16.7 Å². The van der Waals surface area contributed by atoms with Gasteiger partial charge in [0.2, 0.25) is 0 Å². The number of ether oxygens (including phenoxy) is 1. The van der Waals surface area contributed by atoms with Crippen LogP contribution in [0.2, 0.25) is 0 Å². The average molecular weight is 269 g/mol. The third-order valence-electron chi connectivity index (χ3n) is 3.19. The van der Waals surface area contributed by atoms with E-state index in [0.29, 0.717) is 18.0 Å². The van der Waals surface area contributed by atoms with Gasteiger partial charge in [-0.1, -0.05) is 31.5 Å². The quantitative estimate of drug-likeness (QED) is 0.873. The van der Waals surface area contributed by atoms with E-state index in [-0.39, 0.29) is 6.04 Å². The SMILES string of the molecule is CCCC(COC)Nc1nc2ccccc2cc1C#N. The first kappa shape index (κ1) is 14.3. The van der Waals surface area contributed by atoms with E-state index in [0.717, 1.165) is 23.7 Å². The number of benzene rings is 1. The molecule has 1 N–H and O–H groups in total. The van der Waals surface area contributed by atoms with Crippen LogP contribution in [-0.4, -0.2) is 24.7 Å². The van der Waals surface area contributed by atoms with Gasteiger partial charge in [0.1, 0.15) is 11.9 Å². The van der Waals surface area contributed by atoms with Gasteiger partial charge >= 0.3 is 0 Å². The minimum absolute atomic E-state index is 0.172. The van der Waals surface area contributed by atoms with Crippen LogP contribution in [0, 0.1) is 11.3 Å². The second kappa shape index (κ2) is 6.88. The van der Waals surface area contributed by atoms with Crippen LogP contribution in [0.5, 0.6) is 0 Å². The second-order valence-corrected chi connectivity index (χ2v) is 4.77. The molecule has 1 aromatic heterocycles. The Morgan fingerprint density at radius 1 is 1.40 bits per heavy atom. The van der Waals surface area contributed by atoms with Crippen LogP contribution in [0.3, 0.4) is 0 Å². The maximum atomic E-state index is 9.29. The standard InChI is InChI=1S/C16H19N3O/c1-3-6-14(11-20-2)18-16-13(10-17)9-12-7-4-5-8-15(12)19-16/h4-5,7-9,14H,3,6,11H2,1-2H3,(H,18,19). The first-order valence-corrected chi connectivity index (χ1v) is 6.83. The van der Waals surface area contributed by atoms with E-state index < -0.39 is 0 Å². The van der Waals surface area contributed by atoms with Crippen LogP contribution in [0.4, 0.5) is 5.82 Å². The molecule has 0 fully saturated rings. The summed E-state index contributed by atoms with van der Waals surface area (Å²) in [5.41, 5.74) is 1.46. The number of hydrogen-bond donors (Lipinski definition) is 1. The molecule has 4 heteroatoms. The molecule has 1 unspecified atom stereocenters. The zero-order valence-electron chi connectivity index (χ0n) is 11.9. The Kier molecular flexibility index (Phi) is 4.91. The van der Waals surface area contributed by atoms with Crippen molar-refractivity contribution in [2.45, 2.75) is 25.8 Å². The Bertz CT molecular complexity index is 613. The van der Waals surface area contributed by atoms with Crippen molar-refractivity contribution in [1.29, 1.82) is 5.26 Å². The van der Waals surface area contributed by atoms with Gasteiger partial charge in [0, 0.05) is 12.5 Å². The van der Waals surface area contributed by atoms with Gasteiger partial charge in [-0.3, -0.25) is 0 Å². The lowest BCUT2D eigenvalue weighted by atomic mass is 10.1. The van der Waals surface area contributed by atoms with Crippen molar-refractivity contribution in [2.75, 3.05) is 19.0 Å². The Morgan fingerprint density at radius 2 is 2.20 bits per heavy atom. The van der Waals surface area contributed by atoms with Crippen molar-refractivity contribution in [3.63, 3.8) is 0 Å². The molecule has 1 aromatic carbocycles. The lowest BCUT2D eigenvalue weighted by molar-refractivity contribution is 0.182. The minimum atomic E-state index is 0.172. The van der Waals surface area contributed by atoms with Crippen molar-refractivity contribution in [1.82, 2.24) is 4.98 Å². The number of anilines is 1. The van der Waals surface area contributed by atoms with Crippen LogP contribution >= 0.6 is 0 Å². The molecule has 2 aromatic rings. The van der Waals surface area contributed by atoms with Crippen molar-refractivity contribution < 1.29 is 4.74 Å². The van der Waals surface area contributed by atoms with Crippen molar-refractivity contribution in [2.24, 2.45) is 0 Å². The average Bonchev–Trinajstić information content (AvgIpc) is 2.47. The molecule has 104 valence electrons. The maximum absolute atomic E-state index is 9.29. The third-order valence-corrected chi connectivity index (χ3v) is 3.19. The topological polar surface area (TPSA) is 57.9 Å². The highest BCUT2D eigenvalue weighted by atomic mass is 16.5. The number of nitrogens with zero attached hydrogens (tertiary/aromatic N) is 2. The lowest BCUT2D eigenvalue weighted by Gasteiger charge is -2.18. The van der Waals surface area contributed by atoms with Crippen molar-refractivity contribution in [3.8, 4) is 6.07 Å². The number of hydrogen-bond acceptors (Lipinski definition) is 4. The van der Waals surface area contributed by atoms with Gasteiger partial charge < -0.3 is 10.1 Å². The fourth-order valence-electron chi connectivity index (χ4n) is 2.25. The third kappa shape index (κ3) is 3.25. The largest absolute Gasteiger partial charge is 0.383 e. The van der Waals surface area contributed by atoms with Crippen LogP contribution in [-0.2, 0) is 4.74 Å². The van der Waals surface area contributed by atoms with E-state index in [4.69, 9.17) is 4.74 Å². The van der Waals surface area contributed by atoms with E-state index in [1.54, 1.807) is 7.11 Å². The van der Waals surface area contributed by atoms with E-state index in [1.807, 2.05) is 30.3 Å². The number of nitriles is 1. The van der Waals surface area contributed by atoms with Crippen LogP contribution in [0.1, 0.15) is 25.3 Å². The Labute approximate surface area is 119 Å². The minimum Gasteiger partial charge on any atom is -0.383 e. The highest BCUT2D eigenvalue weighted by molar-refractivity contribution is 5.82. The molecule has 0 bridgehead atoms. The highest BCUT2D eigenvalue weighted by Gasteiger charge is 2.12. The molecule has 0 aliphatic carbocycles. The van der Waals surface area contributed by atoms with Crippen molar-refractivity contribution in [3.05, 3.63) is 35.9 Å². The summed E-state index contributed by atoms with van der Waals surface area (Å²) in [6.07, 6.45) is 2.03. The number of pyridine rings is 1. The van der Waals surface area contributed by atoms with Gasteiger partial charge in [-0.2, -0.15) is 5.26 Å². The molecular formula is C16H19N3O. The van der Waals surface area contributed by atoms with Gasteiger partial charge in [-0.25, -0.2) is 4.98 Å². The van der Waals surface area contributed by atoms with Gasteiger partial charge in [0.05, 0.1) is 23.7 Å². The molecule has 1 atom stereocenters. The van der Waals surface area contributed by atoms with Gasteiger partial charge in [-0.15, -0.1) is 0 Å². The van der Waals surface area contributed by atoms with E-state index in [9.17, 15) is 5.26 Å². The lowest BCUT2D eigenvalue weighted by Crippen LogP contribution is -2.25. The predicted octanol–water partition coefficient (Wildman–Crippen LogP) is 3.33. The van der Waals surface area contributed by atoms with E-state index >= 15 is 0 Å². The smallest absolute Gasteiger partial charge is 0.144 e. The molecule has 0 saturated heterocycles. The summed E-state index contributed by atoms with van der Waals surface area (Å²) in [5, 5.41) is 13.6. The number of aromatic nitrogens is 1. The number of rotatable bonds is 6. The highest BCUT2D eigenvalue weighted by Crippen LogP contribution is 2.21. The predicted molar refractivity (Wildman–Crippen MR) is 80.7 cm³/mol. The first-order valence-electron chi connectivity index (χ1n) is 6.83. The number of fused-ring (bicyclic) bond motifs is 1. The summed E-state index contributed by atoms with van der Waals surface area (Å²) in [5.74, 6) is 0.640. The summed E-state index contributed by atoms with van der Waals surface area (Å²) in [6.45, 7) is 2.73. The molecule has 20 heavy (non-hydrogen) atoms. The Balaban J connectivity index is 2.34. The summed E-state index contributed by atoms with van der Waals surface area (Å²) in [4.78, 5) is 4.56. The Morgan fingerprint density at radius 3 is 2.90 bits per heavy atom. The van der Waals surface area contributed by atoms with Crippen LogP contribution in [0.15, 0.2) is 30.3 Å². The molecule has 0 amide bonds. The zero-order chi connectivity index (χ0) is 14.4. The fraction of sp³-hybridized carbons (Fsp3) is 0.375. The summed E-state index contributed by atoms with van der Waals surface area (Å²) < 4.78 is 5.22. The summed E-state index contributed by atoms with van der Waals surface area (Å²) >= 11 is 0. The second-order valence-electron chi connectivity index (χ2n) is 4.77. The zero-order valence-corrected chi connectivity index (χ0v) is 11.9. The van der Waals surface area contributed by atoms with Gasteiger partial charge in [0.15, 0.2) is 0 Å². The molecule has 0 aliphatic heterocycles. The number of methoxy groups -OCH3 is 1. The molecule has 1 heterocycles.